The summed E-state index contributed by atoms with van der Waals surface area (Å²) in [4.78, 5) is 4.57. The van der Waals surface area contributed by atoms with Crippen molar-refractivity contribution in [3.63, 3.8) is 0 Å². The number of ether oxygens (including phenoxy) is 1. The van der Waals surface area contributed by atoms with Gasteiger partial charge in [0.2, 0.25) is 0 Å². The SMILES string of the molecule is CCOc1ccccc1N1CCCN(C)C(CO)C1. The molecule has 1 unspecified atom stereocenters. The van der Waals surface area contributed by atoms with Gasteiger partial charge in [-0.15, -0.1) is 0 Å². The van der Waals surface area contributed by atoms with Crippen LogP contribution in [0.3, 0.4) is 0 Å². The summed E-state index contributed by atoms with van der Waals surface area (Å²) < 4.78 is 5.71. The highest BCUT2D eigenvalue weighted by atomic mass is 16.5. The molecule has 2 rings (SSSR count). The van der Waals surface area contributed by atoms with Crippen LogP contribution in [0.1, 0.15) is 13.3 Å². The van der Waals surface area contributed by atoms with E-state index < -0.39 is 0 Å². The van der Waals surface area contributed by atoms with Crippen LogP contribution in [0.5, 0.6) is 5.75 Å². The van der Waals surface area contributed by atoms with Crippen molar-refractivity contribution in [3.05, 3.63) is 24.3 Å². The molecule has 1 fully saturated rings. The first-order valence-corrected chi connectivity index (χ1v) is 7.04. The summed E-state index contributed by atoms with van der Waals surface area (Å²) in [6, 6.07) is 8.35. The van der Waals surface area contributed by atoms with E-state index in [-0.39, 0.29) is 12.6 Å². The second kappa shape index (κ2) is 6.78. The van der Waals surface area contributed by atoms with Crippen molar-refractivity contribution in [2.24, 2.45) is 0 Å². The molecule has 106 valence electrons. The second-order valence-corrected chi connectivity index (χ2v) is 5.02. The molecule has 4 nitrogen and oxygen atoms in total. The Kier molecular flexibility index (Phi) is 5.05. The third kappa shape index (κ3) is 3.39. The molecule has 1 aliphatic heterocycles. The number of para-hydroxylation sites is 2. The third-order valence-electron chi connectivity index (χ3n) is 3.71. The second-order valence-electron chi connectivity index (χ2n) is 5.02. The van der Waals surface area contributed by atoms with Crippen molar-refractivity contribution in [2.75, 3.05) is 44.8 Å². The van der Waals surface area contributed by atoms with Crippen LogP contribution >= 0.6 is 0 Å². The lowest BCUT2D eigenvalue weighted by Gasteiger charge is -2.29. The normalized spacial score (nSPS) is 21.2. The fraction of sp³-hybridized carbons (Fsp3) is 0.600. The molecule has 0 aromatic heterocycles. The van der Waals surface area contributed by atoms with E-state index >= 15 is 0 Å². The number of hydrogen-bond donors (Lipinski definition) is 1. The summed E-state index contributed by atoms with van der Waals surface area (Å²) in [7, 11) is 2.08. The van der Waals surface area contributed by atoms with Crippen LogP contribution in [0.15, 0.2) is 24.3 Å². The highest BCUT2D eigenvalue weighted by Crippen LogP contribution is 2.29. The molecular formula is C15H24N2O2. The standard InChI is InChI=1S/C15H24N2O2/c1-3-19-15-8-5-4-7-14(15)17-10-6-9-16(2)13(11-17)12-18/h4-5,7-8,13,18H,3,6,9-12H2,1-2H3. The molecular weight excluding hydrogens is 240 g/mol. The number of likely N-dealkylation sites (N-methyl/N-ethyl adjacent to an activating group) is 1. The number of anilines is 1. The lowest BCUT2D eigenvalue weighted by atomic mass is 10.2. The fourth-order valence-corrected chi connectivity index (χ4v) is 2.59. The van der Waals surface area contributed by atoms with E-state index in [1.165, 1.54) is 0 Å². The molecule has 0 aliphatic carbocycles. The zero-order chi connectivity index (χ0) is 13.7. The first kappa shape index (κ1) is 14.2. The minimum absolute atomic E-state index is 0.192. The zero-order valence-corrected chi connectivity index (χ0v) is 11.9. The zero-order valence-electron chi connectivity index (χ0n) is 11.9. The van der Waals surface area contributed by atoms with Crippen molar-refractivity contribution < 1.29 is 9.84 Å². The number of aliphatic hydroxyl groups excluding tert-OH is 1. The van der Waals surface area contributed by atoms with Crippen molar-refractivity contribution >= 4 is 5.69 Å². The van der Waals surface area contributed by atoms with Gasteiger partial charge in [0.25, 0.3) is 0 Å². The van der Waals surface area contributed by atoms with Gasteiger partial charge >= 0.3 is 0 Å². The van der Waals surface area contributed by atoms with Gasteiger partial charge in [0.1, 0.15) is 5.75 Å². The predicted octanol–water partition coefficient (Wildman–Crippen LogP) is 1.59. The Morgan fingerprint density at radius 2 is 2.11 bits per heavy atom. The largest absolute Gasteiger partial charge is 0.492 e. The smallest absolute Gasteiger partial charge is 0.142 e. The minimum Gasteiger partial charge on any atom is -0.492 e. The van der Waals surface area contributed by atoms with Gasteiger partial charge in [-0.1, -0.05) is 12.1 Å². The Morgan fingerprint density at radius 1 is 1.32 bits per heavy atom. The van der Waals surface area contributed by atoms with Gasteiger partial charge in [-0.25, -0.2) is 0 Å². The molecule has 19 heavy (non-hydrogen) atoms. The summed E-state index contributed by atoms with van der Waals surface area (Å²) in [5, 5.41) is 9.52. The molecule has 0 bridgehead atoms. The quantitative estimate of drug-likeness (QED) is 0.896. The molecule has 1 heterocycles. The highest BCUT2D eigenvalue weighted by Gasteiger charge is 2.23. The average Bonchev–Trinajstić information content (AvgIpc) is 2.61. The first-order chi connectivity index (χ1) is 9.26. The molecule has 0 saturated carbocycles. The lowest BCUT2D eigenvalue weighted by Crippen LogP contribution is -2.41. The number of hydrogen-bond acceptors (Lipinski definition) is 4. The van der Waals surface area contributed by atoms with Gasteiger partial charge < -0.3 is 14.7 Å². The van der Waals surface area contributed by atoms with Crippen LogP contribution in [0, 0.1) is 0 Å². The van der Waals surface area contributed by atoms with E-state index in [1.54, 1.807) is 0 Å². The van der Waals surface area contributed by atoms with Gasteiger partial charge in [0, 0.05) is 19.1 Å². The number of aliphatic hydroxyl groups is 1. The molecule has 1 aromatic carbocycles. The van der Waals surface area contributed by atoms with Crippen molar-refractivity contribution in [1.82, 2.24) is 4.90 Å². The summed E-state index contributed by atoms with van der Waals surface area (Å²) in [5.41, 5.74) is 1.14. The molecule has 1 aliphatic rings. The number of benzene rings is 1. The van der Waals surface area contributed by atoms with Crippen LogP contribution in [0.4, 0.5) is 5.69 Å². The van der Waals surface area contributed by atoms with Crippen LogP contribution < -0.4 is 9.64 Å². The molecule has 0 amide bonds. The summed E-state index contributed by atoms with van der Waals surface area (Å²) in [5.74, 6) is 0.936. The monoisotopic (exact) mass is 264 g/mol. The van der Waals surface area contributed by atoms with E-state index in [2.05, 4.69) is 22.9 Å². The predicted molar refractivity (Wildman–Crippen MR) is 77.9 cm³/mol. The van der Waals surface area contributed by atoms with Crippen LogP contribution in [0.2, 0.25) is 0 Å². The maximum atomic E-state index is 9.52. The summed E-state index contributed by atoms with van der Waals surface area (Å²) in [6.07, 6.45) is 1.10. The van der Waals surface area contributed by atoms with Crippen molar-refractivity contribution in [2.45, 2.75) is 19.4 Å². The Balaban J connectivity index is 2.20. The Bertz CT molecular complexity index is 397. The van der Waals surface area contributed by atoms with Gasteiger partial charge in [-0.3, -0.25) is 4.90 Å². The van der Waals surface area contributed by atoms with E-state index in [4.69, 9.17) is 4.74 Å². The fourth-order valence-electron chi connectivity index (χ4n) is 2.59. The summed E-state index contributed by atoms with van der Waals surface area (Å²) >= 11 is 0. The maximum absolute atomic E-state index is 9.52. The molecule has 1 saturated heterocycles. The van der Waals surface area contributed by atoms with E-state index in [0.29, 0.717) is 6.61 Å². The Labute approximate surface area is 115 Å². The topological polar surface area (TPSA) is 35.9 Å². The highest BCUT2D eigenvalue weighted by molar-refractivity contribution is 5.58. The van der Waals surface area contributed by atoms with Crippen LogP contribution in [0.25, 0.3) is 0 Å². The Morgan fingerprint density at radius 3 is 2.84 bits per heavy atom. The molecule has 1 aromatic rings. The van der Waals surface area contributed by atoms with Gasteiger partial charge in [-0.05, 0) is 39.1 Å². The lowest BCUT2D eigenvalue weighted by molar-refractivity contribution is 0.159. The van der Waals surface area contributed by atoms with Crippen molar-refractivity contribution in [3.8, 4) is 5.75 Å². The molecule has 1 N–H and O–H groups in total. The molecule has 1 atom stereocenters. The van der Waals surface area contributed by atoms with E-state index in [1.807, 2.05) is 25.1 Å². The Hall–Kier alpha value is -1.26. The third-order valence-corrected chi connectivity index (χ3v) is 3.71. The minimum atomic E-state index is 0.192. The van der Waals surface area contributed by atoms with Gasteiger partial charge in [0.05, 0.1) is 18.9 Å². The average molecular weight is 264 g/mol. The van der Waals surface area contributed by atoms with E-state index in [9.17, 15) is 5.11 Å². The van der Waals surface area contributed by atoms with E-state index in [0.717, 1.165) is 37.5 Å². The van der Waals surface area contributed by atoms with Crippen molar-refractivity contribution in [1.29, 1.82) is 0 Å². The van der Waals surface area contributed by atoms with Crippen LogP contribution in [-0.4, -0.2) is 55.9 Å². The van der Waals surface area contributed by atoms with Crippen LogP contribution in [-0.2, 0) is 0 Å². The number of nitrogens with zero attached hydrogens (tertiary/aromatic N) is 2. The molecule has 0 spiro atoms. The van der Waals surface area contributed by atoms with Gasteiger partial charge in [-0.2, -0.15) is 0 Å². The van der Waals surface area contributed by atoms with Gasteiger partial charge in [0.15, 0.2) is 0 Å². The first-order valence-electron chi connectivity index (χ1n) is 7.04. The summed E-state index contributed by atoms with van der Waals surface area (Å²) in [6.45, 7) is 5.75. The molecule has 0 radical (unpaired) electrons. The molecule has 4 heteroatoms. The maximum Gasteiger partial charge on any atom is 0.142 e. The number of rotatable bonds is 4.